The topological polar surface area (TPSA) is 16.1 Å². The fraction of sp³-hybridized carbons (Fsp3) is 0.500. The van der Waals surface area contributed by atoms with Gasteiger partial charge in [0.1, 0.15) is 5.82 Å². The third kappa shape index (κ3) is 5.37. The zero-order valence-corrected chi connectivity index (χ0v) is 15.6. The predicted molar refractivity (Wildman–Crippen MR) is 101 cm³/mol. The normalized spacial score (nSPS) is 17.0. The smallest absolute Gasteiger partial charge is 0.123 e. The van der Waals surface area contributed by atoms with E-state index in [0.29, 0.717) is 11.3 Å². The number of pyridine rings is 1. The summed E-state index contributed by atoms with van der Waals surface area (Å²) in [5, 5.41) is 0. The van der Waals surface area contributed by atoms with Crippen molar-refractivity contribution in [2.75, 3.05) is 19.6 Å². The van der Waals surface area contributed by atoms with E-state index < -0.39 is 0 Å². The summed E-state index contributed by atoms with van der Waals surface area (Å²) in [7, 11) is 0. The number of hydrogen-bond acceptors (Lipinski definition) is 2. The molecule has 1 aromatic heterocycles. The molecule has 0 saturated carbocycles. The molecule has 0 bridgehead atoms. The molecule has 3 heteroatoms. The molecule has 0 aliphatic carbocycles. The van der Waals surface area contributed by atoms with E-state index in [1.54, 1.807) is 0 Å². The lowest BCUT2D eigenvalue weighted by molar-refractivity contribution is 0.153. The zero-order chi connectivity index (χ0) is 17.9. The Hall–Kier alpha value is -1.74. The van der Waals surface area contributed by atoms with Gasteiger partial charge in [-0.3, -0.25) is 4.98 Å². The molecule has 0 N–H and O–H groups in total. The minimum Gasteiger partial charge on any atom is -0.303 e. The monoisotopic (exact) mass is 340 g/mol. The Morgan fingerprint density at radius 1 is 1.00 bits per heavy atom. The van der Waals surface area contributed by atoms with Crippen molar-refractivity contribution in [3.8, 4) is 0 Å². The summed E-state index contributed by atoms with van der Waals surface area (Å²) in [5.74, 6) is 0.395. The van der Waals surface area contributed by atoms with Crippen LogP contribution in [0.25, 0.3) is 0 Å². The Kier molecular flexibility index (Phi) is 5.53. The molecule has 3 rings (SSSR count). The molecular formula is C22H29FN2. The van der Waals surface area contributed by atoms with Crippen LogP contribution in [0.3, 0.4) is 0 Å². The van der Waals surface area contributed by atoms with E-state index in [9.17, 15) is 4.39 Å². The molecule has 0 unspecified atom stereocenters. The van der Waals surface area contributed by atoms with Gasteiger partial charge >= 0.3 is 0 Å². The third-order valence-electron chi connectivity index (χ3n) is 4.87. The Morgan fingerprint density at radius 3 is 2.20 bits per heavy atom. The van der Waals surface area contributed by atoms with E-state index in [4.69, 9.17) is 4.98 Å². The second kappa shape index (κ2) is 7.65. The van der Waals surface area contributed by atoms with E-state index in [0.717, 1.165) is 12.0 Å². The van der Waals surface area contributed by atoms with Crippen molar-refractivity contribution in [2.45, 2.75) is 46.0 Å². The van der Waals surface area contributed by atoms with Crippen molar-refractivity contribution >= 4 is 0 Å². The first-order valence-corrected chi connectivity index (χ1v) is 9.31. The van der Waals surface area contributed by atoms with E-state index in [2.05, 4.69) is 37.8 Å². The number of benzene rings is 1. The molecule has 2 heterocycles. The lowest BCUT2D eigenvalue weighted by atomic mass is 9.90. The molecule has 0 spiro atoms. The summed E-state index contributed by atoms with van der Waals surface area (Å²) < 4.78 is 13.0. The Balaban J connectivity index is 1.55. The molecular weight excluding hydrogens is 311 g/mol. The fourth-order valence-electron chi connectivity index (χ4n) is 3.68. The quantitative estimate of drug-likeness (QED) is 0.775. The van der Waals surface area contributed by atoms with Crippen molar-refractivity contribution in [3.63, 3.8) is 0 Å². The number of likely N-dealkylation sites (tertiary alicyclic amines) is 1. The second-order valence-electron chi connectivity index (χ2n) is 8.51. The summed E-state index contributed by atoms with van der Waals surface area (Å²) in [6.07, 6.45) is 5.18. The number of piperidine rings is 1. The zero-order valence-electron chi connectivity index (χ0n) is 15.6. The molecule has 1 aliphatic rings. The highest BCUT2D eigenvalue weighted by Gasteiger charge is 2.24. The Bertz CT molecular complexity index is 663. The Labute approximate surface area is 151 Å². The van der Waals surface area contributed by atoms with Gasteiger partial charge in [-0.15, -0.1) is 0 Å². The van der Waals surface area contributed by atoms with Crippen molar-refractivity contribution in [1.82, 2.24) is 9.88 Å². The SMILES string of the molecule is CC(C)(C)CN1CCC(c2ccc(Cc3ccc(F)cc3)cn2)CC1. The molecule has 134 valence electrons. The van der Waals surface area contributed by atoms with Crippen molar-refractivity contribution in [2.24, 2.45) is 5.41 Å². The number of aromatic nitrogens is 1. The van der Waals surface area contributed by atoms with Gasteiger partial charge in [-0.05, 0) is 67.1 Å². The maximum atomic E-state index is 13.0. The molecule has 1 saturated heterocycles. The molecule has 2 aromatic rings. The van der Waals surface area contributed by atoms with Gasteiger partial charge in [-0.1, -0.05) is 39.0 Å². The van der Waals surface area contributed by atoms with E-state index in [1.807, 2.05) is 18.3 Å². The highest BCUT2D eigenvalue weighted by Crippen LogP contribution is 2.28. The van der Waals surface area contributed by atoms with E-state index in [1.165, 1.54) is 55.9 Å². The summed E-state index contributed by atoms with van der Waals surface area (Å²) >= 11 is 0. The molecule has 2 nitrogen and oxygen atoms in total. The molecule has 25 heavy (non-hydrogen) atoms. The highest BCUT2D eigenvalue weighted by atomic mass is 19.1. The third-order valence-corrected chi connectivity index (χ3v) is 4.87. The van der Waals surface area contributed by atoms with Crippen LogP contribution in [0.4, 0.5) is 4.39 Å². The predicted octanol–water partition coefficient (Wildman–Crippen LogP) is 5.04. The standard InChI is InChI=1S/C22H29FN2/c1-22(2,3)16-25-12-10-19(11-13-25)21-9-6-18(15-24-21)14-17-4-7-20(23)8-5-17/h4-9,15,19H,10-14,16H2,1-3H3. The average Bonchev–Trinajstić information content (AvgIpc) is 2.57. The molecule has 1 fully saturated rings. The number of hydrogen-bond donors (Lipinski definition) is 0. The van der Waals surface area contributed by atoms with Crippen LogP contribution in [0.5, 0.6) is 0 Å². The molecule has 0 atom stereocenters. The first kappa shape index (κ1) is 18.1. The van der Waals surface area contributed by atoms with Gasteiger partial charge in [-0.2, -0.15) is 0 Å². The molecule has 1 aromatic carbocycles. The molecule has 0 radical (unpaired) electrons. The number of rotatable bonds is 4. The lowest BCUT2D eigenvalue weighted by Gasteiger charge is -2.35. The van der Waals surface area contributed by atoms with Crippen molar-refractivity contribution in [1.29, 1.82) is 0 Å². The number of halogens is 1. The van der Waals surface area contributed by atoms with Crippen LogP contribution in [0, 0.1) is 11.2 Å². The summed E-state index contributed by atoms with van der Waals surface area (Å²) in [6.45, 7) is 10.4. The van der Waals surface area contributed by atoms with Gasteiger partial charge in [0.2, 0.25) is 0 Å². The van der Waals surface area contributed by atoms with Gasteiger partial charge in [0, 0.05) is 24.4 Å². The van der Waals surface area contributed by atoms with Crippen LogP contribution in [0.1, 0.15) is 56.4 Å². The van der Waals surface area contributed by atoms with Crippen molar-refractivity contribution in [3.05, 3.63) is 65.2 Å². The summed E-state index contributed by atoms with van der Waals surface area (Å²) in [6, 6.07) is 11.1. The van der Waals surface area contributed by atoms with Gasteiger partial charge in [0.25, 0.3) is 0 Å². The lowest BCUT2D eigenvalue weighted by Crippen LogP contribution is -2.38. The van der Waals surface area contributed by atoms with Crippen LogP contribution in [-0.4, -0.2) is 29.5 Å². The largest absolute Gasteiger partial charge is 0.303 e. The van der Waals surface area contributed by atoms with Gasteiger partial charge in [0.05, 0.1) is 0 Å². The van der Waals surface area contributed by atoms with E-state index >= 15 is 0 Å². The first-order valence-electron chi connectivity index (χ1n) is 9.31. The highest BCUT2D eigenvalue weighted by molar-refractivity contribution is 5.26. The van der Waals surface area contributed by atoms with Gasteiger partial charge in [-0.25, -0.2) is 4.39 Å². The van der Waals surface area contributed by atoms with Crippen LogP contribution < -0.4 is 0 Å². The number of nitrogens with zero attached hydrogens (tertiary/aromatic N) is 2. The van der Waals surface area contributed by atoms with Crippen LogP contribution in [0.15, 0.2) is 42.6 Å². The molecule has 0 amide bonds. The summed E-state index contributed by atoms with van der Waals surface area (Å²) in [4.78, 5) is 7.31. The van der Waals surface area contributed by atoms with Crippen LogP contribution >= 0.6 is 0 Å². The second-order valence-corrected chi connectivity index (χ2v) is 8.51. The fourth-order valence-corrected chi connectivity index (χ4v) is 3.68. The minimum atomic E-state index is -0.185. The minimum absolute atomic E-state index is 0.185. The summed E-state index contributed by atoms with van der Waals surface area (Å²) in [5.41, 5.74) is 3.89. The maximum Gasteiger partial charge on any atom is 0.123 e. The van der Waals surface area contributed by atoms with Gasteiger partial charge < -0.3 is 4.90 Å². The van der Waals surface area contributed by atoms with E-state index in [-0.39, 0.29) is 5.82 Å². The Morgan fingerprint density at radius 2 is 1.64 bits per heavy atom. The first-order chi connectivity index (χ1) is 11.9. The van der Waals surface area contributed by atoms with Crippen LogP contribution in [0.2, 0.25) is 0 Å². The molecule has 1 aliphatic heterocycles. The average molecular weight is 340 g/mol. The van der Waals surface area contributed by atoms with Gasteiger partial charge in [0.15, 0.2) is 0 Å². The van der Waals surface area contributed by atoms with Crippen molar-refractivity contribution < 1.29 is 4.39 Å². The van der Waals surface area contributed by atoms with Crippen LogP contribution in [-0.2, 0) is 6.42 Å². The maximum absolute atomic E-state index is 13.0.